The summed E-state index contributed by atoms with van der Waals surface area (Å²) in [5.41, 5.74) is 0.630. The van der Waals surface area contributed by atoms with Gasteiger partial charge in [0.1, 0.15) is 0 Å². The summed E-state index contributed by atoms with van der Waals surface area (Å²) in [5.74, 6) is 0. The first-order valence-corrected chi connectivity index (χ1v) is 9.11. The van der Waals surface area contributed by atoms with Crippen LogP contribution in [-0.4, -0.2) is 23.2 Å². The second-order valence-corrected chi connectivity index (χ2v) is 8.73. The number of hydrogen-bond acceptors (Lipinski definition) is 0. The molecule has 0 saturated heterocycles. The summed E-state index contributed by atoms with van der Waals surface area (Å²) in [5, 5.41) is 0. The Morgan fingerprint density at radius 2 is 1.80 bits per heavy atom. The number of unbranched alkanes of at least 4 members (excludes halogenated alkanes) is 1. The molecule has 0 saturated carbocycles. The fourth-order valence-corrected chi connectivity index (χ4v) is 6.01. The Morgan fingerprint density at radius 1 is 1.20 bits per heavy atom. The normalized spacial score (nSPS) is 12.0. The predicted molar refractivity (Wildman–Crippen MR) is 49.7 cm³/mol. The van der Waals surface area contributed by atoms with Gasteiger partial charge in [0, 0.05) is 0 Å². The van der Waals surface area contributed by atoms with Crippen LogP contribution in [0.3, 0.4) is 0 Å². The fraction of sp³-hybridized carbons (Fsp3) is 1.00. The van der Waals surface area contributed by atoms with Gasteiger partial charge in [-0.2, -0.15) is 0 Å². The molecule has 0 N–H and O–H groups in total. The van der Waals surface area contributed by atoms with Gasteiger partial charge in [0.2, 0.25) is 0 Å². The summed E-state index contributed by atoms with van der Waals surface area (Å²) >= 11 is -0.0392. The van der Waals surface area contributed by atoms with E-state index in [1.165, 1.54) is 12.8 Å². The summed E-state index contributed by atoms with van der Waals surface area (Å²) in [4.78, 5) is 0. The minimum atomic E-state index is -0.0392. The first-order valence-electron chi connectivity index (χ1n) is 4.19. The van der Waals surface area contributed by atoms with E-state index in [1.807, 2.05) is 0 Å². The summed E-state index contributed by atoms with van der Waals surface area (Å²) in [6.45, 7) is 9.38. The molecule has 10 heavy (non-hydrogen) atoms. The molecule has 0 amide bonds. The van der Waals surface area contributed by atoms with Gasteiger partial charge in [0.25, 0.3) is 0 Å². The molecule has 1 radical (unpaired) electrons. The zero-order valence-corrected chi connectivity index (χ0v) is 11.3. The standard InChI is InChI=1S/C5H11.C4H9.Bi/c1-5(2,3)4;1-3-4-2;/h1H2,2-4H3;1,3-4H2,2H3;. The van der Waals surface area contributed by atoms with E-state index in [-0.39, 0.29) is 23.2 Å². The maximum absolute atomic E-state index is 2.36. The second-order valence-electron chi connectivity index (χ2n) is 4.02. The second kappa shape index (κ2) is 5.52. The van der Waals surface area contributed by atoms with Gasteiger partial charge in [-0.3, -0.25) is 0 Å². The Hall–Kier alpha value is 0.883. The molecule has 1 heteroatoms. The first kappa shape index (κ1) is 10.9. The van der Waals surface area contributed by atoms with E-state index >= 15 is 0 Å². The molecular formula is C9H20Bi. The van der Waals surface area contributed by atoms with Crippen LogP contribution in [0.2, 0.25) is 8.26 Å². The van der Waals surface area contributed by atoms with Crippen molar-refractivity contribution in [3.05, 3.63) is 0 Å². The monoisotopic (exact) mass is 337 g/mol. The van der Waals surface area contributed by atoms with E-state index in [1.54, 1.807) is 8.26 Å². The number of hydrogen-bond donors (Lipinski definition) is 0. The van der Waals surface area contributed by atoms with E-state index in [9.17, 15) is 0 Å². The van der Waals surface area contributed by atoms with Crippen LogP contribution in [-0.2, 0) is 0 Å². The van der Waals surface area contributed by atoms with E-state index < -0.39 is 0 Å². The minimum absolute atomic E-state index is 0.0392. The van der Waals surface area contributed by atoms with Crippen LogP contribution in [0.1, 0.15) is 40.5 Å². The Bertz CT molecular complexity index is 71.3. The van der Waals surface area contributed by atoms with E-state index in [0.29, 0.717) is 5.41 Å². The number of rotatable bonds is 4. The van der Waals surface area contributed by atoms with Gasteiger partial charge in [0.05, 0.1) is 0 Å². The van der Waals surface area contributed by atoms with E-state index in [0.717, 1.165) is 0 Å². The van der Waals surface area contributed by atoms with E-state index in [2.05, 4.69) is 27.7 Å². The first-order chi connectivity index (χ1) is 4.56. The zero-order chi connectivity index (χ0) is 8.04. The molecule has 0 aliphatic rings. The van der Waals surface area contributed by atoms with Crippen LogP contribution in [0.4, 0.5) is 0 Å². The molecule has 0 fully saturated rings. The summed E-state index contributed by atoms with van der Waals surface area (Å²) in [6.07, 6.45) is 2.89. The van der Waals surface area contributed by atoms with Crippen molar-refractivity contribution in [2.45, 2.75) is 48.8 Å². The average Bonchev–Trinajstić information content (AvgIpc) is 1.78. The van der Waals surface area contributed by atoms with Crippen LogP contribution in [0, 0.1) is 5.41 Å². The van der Waals surface area contributed by atoms with Crippen molar-refractivity contribution in [2.75, 3.05) is 0 Å². The SMILES string of the molecule is CCC[CH2][Bi][CH2]C(C)(C)C. The van der Waals surface area contributed by atoms with Gasteiger partial charge in [0.15, 0.2) is 0 Å². The molecule has 0 bridgehead atoms. The van der Waals surface area contributed by atoms with Crippen molar-refractivity contribution in [3.63, 3.8) is 0 Å². The molecule has 0 unspecified atom stereocenters. The molecular weight excluding hydrogens is 317 g/mol. The Labute approximate surface area is 77.4 Å². The third-order valence-electron chi connectivity index (χ3n) is 1.26. The maximum atomic E-state index is 2.36. The van der Waals surface area contributed by atoms with Crippen LogP contribution in [0.25, 0.3) is 0 Å². The molecule has 0 aromatic heterocycles. The van der Waals surface area contributed by atoms with Gasteiger partial charge >= 0.3 is 77.4 Å². The Morgan fingerprint density at radius 3 is 2.20 bits per heavy atom. The van der Waals surface area contributed by atoms with Crippen LogP contribution < -0.4 is 0 Å². The van der Waals surface area contributed by atoms with Gasteiger partial charge in [-0.15, -0.1) is 0 Å². The van der Waals surface area contributed by atoms with Crippen LogP contribution in [0.15, 0.2) is 0 Å². The van der Waals surface area contributed by atoms with Crippen molar-refractivity contribution < 1.29 is 0 Å². The van der Waals surface area contributed by atoms with Crippen molar-refractivity contribution in [3.8, 4) is 0 Å². The van der Waals surface area contributed by atoms with Crippen LogP contribution in [0.5, 0.6) is 0 Å². The Kier molecular flexibility index (Phi) is 6.01. The molecule has 0 aliphatic carbocycles. The Balaban J connectivity index is 3.04. The molecule has 0 atom stereocenters. The molecule has 0 heterocycles. The van der Waals surface area contributed by atoms with Crippen molar-refractivity contribution in [1.29, 1.82) is 0 Å². The summed E-state index contributed by atoms with van der Waals surface area (Å²) in [6, 6.07) is 0. The van der Waals surface area contributed by atoms with Crippen molar-refractivity contribution in [2.24, 2.45) is 5.41 Å². The topological polar surface area (TPSA) is 0 Å². The summed E-state index contributed by atoms with van der Waals surface area (Å²) < 4.78 is 3.17. The van der Waals surface area contributed by atoms with Gasteiger partial charge in [-0.05, 0) is 0 Å². The van der Waals surface area contributed by atoms with Gasteiger partial charge in [-0.1, -0.05) is 0 Å². The van der Waals surface area contributed by atoms with Crippen molar-refractivity contribution >= 4 is 23.2 Å². The average molecular weight is 337 g/mol. The van der Waals surface area contributed by atoms with Gasteiger partial charge in [-0.25, -0.2) is 0 Å². The van der Waals surface area contributed by atoms with Gasteiger partial charge < -0.3 is 0 Å². The molecule has 0 aromatic rings. The molecule has 0 aromatic carbocycles. The quantitative estimate of drug-likeness (QED) is 0.545. The molecule has 0 rings (SSSR count). The summed E-state index contributed by atoms with van der Waals surface area (Å²) in [7, 11) is 0. The molecule has 0 spiro atoms. The third-order valence-corrected chi connectivity index (χ3v) is 8.27. The molecule has 0 aliphatic heterocycles. The predicted octanol–water partition coefficient (Wildman–Crippen LogP) is 3.37. The van der Waals surface area contributed by atoms with Crippen molar-refractivity contribution in [1.82, 2.24) is 0 Å². The molecule has 0 nitrogen and oxygen atoms in total. The third kappa shape index (κ3) is 8.88. The molecule has 61 valence electrons. The zero-order valence-electron chi connectivity index (χ0n) is 7.78. The van der Waals surface area contributed by atoms with E-state index in [4.69, 9.17) is 0 Å². The van der Waals surface area contributed by atoms with Crippen LogP contribution >= 0.6 is 0 Å². The fourth-order valence-electron chi connectivity index (χ4n) is 0.684.